The summed E-state index contributed by atoms with van der Waals surface area (Å²) in [7, 11) is 0. The molecule has 1 aromatic heterocycles. The quantitative estimate of drug-likeness (QED) is 0.630. The number of hydrogen-bond acceptors (Lipinski definition) is 3. The predicted octanol–water partition coefficient (Wildman–Crippen LogP) is 4.94. The Morgan fingerprint density at radius 1 is 1.21 bits per heavy atom. The third-order valence-electron chi connectivity index (χ3n) is 4.18. The van der Waals surface area contributed by atoms with Crippen LogP contribution in [-0.2, 0) is 6.18 Å². The smallest absolute Gasteiger partial charge is 0.416 e. The van der Waals surface area contributed by atoms with Crippen molar-refractivity contribution in [2.24, 2.45) is 0 Å². The molecule has 0 bridgehead atoms. The Kier molecular flexibility index (Phi) is 5.83. The van der Waals surface area contributed by atoms with Crippen molar-refractivity contribution in [3.8, 4) is 17.6 Å². The van der Waals surface area contributed by atoms with Crippen molar-refractivity contribution >= 4 is 16.9 Å². The van der Waals surface area contributed by atoms with Crippen LogP contribution in [0, 0.1) is 18.8 Å². The zero-order valence-electron chi connectivity index (χ0n) is 15.8. The molecule has 29 heavy (non-hydrogen) atoms. The van der Waals surface area contributed by atoms with Crippen molar-refractivity contribution in [1.82, 2.24) is 5.32 Å². The van der Waals surface area contributed by atoms with Crippen LogP contribution in [0.5, 0.6) is 5.75 Å². The summed E-state index contributed by atoms with van der Waals surface area (Å²) < 4.78 is 49.2. The van der Waals surface area contributed by atoms with Crippen molar-refractivity contribution in [2.75, 3.05) is 13.2 Å². The van der Waals surface area contributed by atoms with E-state index in [-0.39, 0.29) is 17.9 Å². The summed E-state index contributed by atoms with van der Waals surface area (Å²) in [6.07, 6.45) is -4.42. The van der Waals surface area contributed by atoms with Gasteiger partial charge in [0.2, 0.25) is 0 Å². The number of hydrogen-bond donors (Lipinski definition) is 1. The molecule has 7 heteroatoms. The van der Waals surface area contributed by atoms with Crippen molar-refractivity contribution in [3.05, 3.63) is 64.9 Å². The largest absolute Gasteiger partial charge is 0.494 e. The number of alkyl halides is 3. The van der Waals surface area contributed by atoms with Gasteiger partial charge < -0.3 is 14.5 Å². The van der Waals surface area contributed by atoms with Crippen LogP contribution in [0.25, 0.3) is 11.0 Å². The minimum Gasteiger partial charge on any atom is -0.494 e. The van der Waals surface area contributed by atoms with Gasteiger partial charge in [0.25, 0.3) is 5.91 Å². The van der Waals surface area contributed by atoms with Crippen LogP contribution in [0.15, 0.2) is 46.9 Å². The van der Waals surface area contributed by atoms with E-state index < -0.39 is 17.6 Å². The van der Waals surface area contributed by atoms with Gasteiger partial charge in [0.1, 0.15) is 11.3 Å². The number of ether oxygens (including phenoxy) is 1. The maximum Gasteiger partial charge on any atom is 0.416 e. The Morgan fingerprint density at radius 3 is 2.72 bits per heavy atom. The van der Waals surface area contributed by atoms with Crippen LogP contribution < -0.4 is 10.1 Å². The SMILES string of the molecule is CCOc1ccc2oc(C(=O)NCC#Cc3cccc(C(F)(F)F)c3)c(C)c2c1. The van der Waals surface area contributed by atoms with E-state index in [0.29, 0.717) is 23.5 Å². The minimum atomic E-state index is -4.42. The second-order valence-corrected chi connectivity index (χ2v) is 6.21. The summed E-state index contributed by atoms with van der Waals surface area (Å²) >= 11 is 0. The number of nitrogens with one attached hydrogen (secondary N) is 1. The molecule has 0 saturated heterocycles. The van der Waals surface area contributed by atoms with Gasteiger partial charge in [0.05, 0.1) is 18.7 Å². The summed E-state index contributed by atoms with van der Waals surface area (Å²) in [5.41, 5.74) is 0.686. The molecule has 4 nitrogen and oxygen atoms in total. The van der Waals surface area contributed by atoms with Gasteiger partial charge in [-0.05, 0) is 50.2 Å². The van der Waals surface area contributed by atoms with Gasteiger partial charge in [-0.1, -0.05) is 17.9 Å². The first-order valence-corrected chi connectivity index (χ1v) is 8.90. The lowest BCUT2D eigenvalue weighted by Crippen LogP contribution is -2.23. The molecule has 0 aliphatic rings. The first-order chi connectivity index (χ1) is 13.8. The molecule has 0 saturated carbocycles. The lowest BCUT2D eigenvalue weighted by Gasteiger charge is -2.05. The second kappa shape index (κ2) is 8.31. The number of aryl methyl sites for hydroxylation is 1. The van der Waals surface area contributed by atoms with Crippen molar-refractivity contribution in [1.29, 1.82) is 0 Å². The van der Waals surface area contributed by atoms with E-state index >= 15 is 0 Å². The average molecular weight is 401 g/mol. The number of rotatable bonds is 4. The normalized spacial score (nSPS) is 11.1. The number of fused-ring (bicyclic) bond motifs is 1. The van der Waals surface area contributed by atoms with E-state index in [4.69, 9.17) is 9.15 Å². The number of benzene rings is 2. The lowest BCUT2D eigenvalue weighted by molar-refractivity contribution is -0.137. The fraction of sp³-hybridized carbons (Fsp3) is 0.227. The highest BCUT2D eigenvalue weighted by Gasteiger charge is 2.30. The van der Waals surface area contributed by atoms with E-state index in [1.54, 1.807) is 19.1 Å². The monoisotopic (exact) mass is 401 g/mol. The van der Waals surface area contributed by atoms with E-state index in [1.165, 1.54) is 12.1 Å². The zero-order valence-corrected chi connectivity index (χ0v) is 15.8. The van der Waals surface area contributed by atoms with Crippen LogP contribution in [0.3, 0.4) is 0 Å². The van der Waals surface area contributed by atoms with Gasteiger partial charge in [-0.25, -0.2) is 0 Å². The third kappa shape index (κ3) is 4.72. The molecule has 0 aliphatic carbocycles. The number of halogens is 3. The maximum atomic E-state index is 12.7. The van der Waals surface area contributed by atoms with E-state index in [1.807, 2.05) is 13.0 Å². The average Bonchev–Trinajstić information content (AvgIpc) is 3.01. The van der Waals surface area contributed by atoms with Gasteiger partial charge >= 0.3 is 6.18 Å². The Morgan fingerprint density at radius 2 is 2.00 bits per heavy atom. The van der Waals surface area contributed by atoms with Crippen molar-refractivity contribution < 1.29 is 27.1 Å². The molecule has 1 N–H and O–H groups in total. The van der Waals surface area contributed by atoms with E-state index in [9.17, 15) is 18.0 Å². The van der Waals surface area contributed by atoms with Crippen molar-refractivity contribution in [3.63, 3.8) is 0 Å². The Bertz CT molecular complexity index is 1100. The molecule has 0 unspecified atom stereocenters. The first-order valence-electron chi connectivity index (χ1n) is 8.90. The molecule has 0 radical (unpaired) electrons. The topological polar surface area (TPSA) is 51.5 Å². The molecule has 150 valence electrons. The highest BCUT2D eigenvalue weighted by atomic mass is 19.4. The molecular formula is C22H18F3NO3. The molecule has 0 fully saturated rings. The van der Waals surface area contributed by atoms with Crippen LogP contribution in [-0.4, -0.2) is 19.1 Å². The molecule has 2 aromatic carbocycles. The molecule has 1 amide bonds. The highest BCUT2D eigenvalue weighted by Crippen LogP contribution is 2.30. The molecule has 0 spiro atoms. The molecule has 0 atom stereocenters. The number of carbonyl (C=O) groups excluding carboxylic acids is 1. The van der Waals surface area contributed by atoms with Crippen LogP contribution >= 0.6 is 0 Å². The van der Waals surface area contributed by atoms with Gasteiger partial charge in [0.15, 0.2) is 5.76 Å². The van der Waals surface area contributed by atoms with Crippen LogP contribution in [0.1, 0.15) is 34.2 Å². The molecule has 1 heterocycles. The summed E-state index contributed by atoms with van der Waals surface area (Å²) in [6, 6.07) is 10.0. The van der Waals surface area contributed by atoms with Crippen molar-refractivity contribution in [2.45, 2.75) is 20.0 Å². The number of amides is 1. The molecule has 3 aromatic rings. The van der Waals surface area contributed by atoms with E-state index in [2.05, 4.69) is 17.2 Å². The Labute approximate surface area is 165 Å². The molecular weight excluding hydrogens is 383 g/mol. The minimum absolute atomic E-state index is 0.0320. The second-order valence-electron chi connectivity index (χ2n) is 6.21. The van der Waals surface area contributed by atoms with Crippen LogP contribution in [0.4, 0.5) is 13.2 Å². The molecule has 3 rings (SSSR count). The lowest BCUT2D eigenvalue weighted by atomic mass is 10.1. The van der Waals surface area contributed by atoms with E-state index in [0.717, 1.165) is 17.5 Å². The standard InChI is InChI=1S/C22H18F3NO3/c1-3-28-17-9-10-19-18(13-17)14(2)20(29-19)21(27)26-11-5-7-15-6-4-8-16(12-15)22(23,24)25/h4,6,8-10,12-13H,3,11H2,1-2H3,(H,26,27). The summed E-state index contributed by atoms with van der Waals surface area (Å²) in [5.74, 6) is 5.66. The van der Waals surface area contributed by atoms with Crippen LogP contribution in [0.2, 0.25) is 0 Å². The fourth-order valence-electron chi connectivity index (χ4n) is 2.80. The van der Waals surface area contributed by atoms with Gasteiger partial charge in [0, 0.05) is 16.5 Å². The molecule has 0 aliphatic heterocycles. The number of carbonyl (C=O) groups is 1. The number of furan rings is 1. The fourth-order valence-corrected chi connectivity index (χ4v) is 2.80. The Balaban J connectivity index is 1.69. The summed E-state index contributed by atoms with van der Waals surface area (Å²) in [6.45, 7) is 4.15. The third-order valence-corrected chi connectivity index (χ3v) is 4.18. The van der Waals surface area contributed by atoms with Gasteiger partial charge in [-0.3, -0.25) is 4.79 Å². The summed E-state index contributed by atoms with van der Waals surface area (Å²) in [4.78, 5) is 12.4. The Hall–Kier alpha value is -3.40. The summed E-state index contributed by atoms with van der Waals surface area (Å²) in [5, 5.41) is 3.37. The highest BCUT2D eigenvalue weighted by molar-refractivity contribution is 5.99. The predicted molar refractivity (Wildman–Crippen MR) is 103 cm³/mol. The van der Waals surface area contributed by atoms with Gasteiger partial charge in [-0.15, -0.1) is 0 Å². The van der Waals surface area contributed by atoms with Gasteiger partial charge in [-0.2, -0.15) is 13.2 Å². The first kappa shape index (κ1) is 20.3. The maximum absolute atomic E-state index is 12.7. The zero-order chi connectivity index (χ0) is 21.0.